The van der Waals surface area contributed by atoms with Crippen molar-refractivity contribution in [2.75, 3.05) is 6.54 Å². The highest BCUT2D eigenvalue weighted by atomic mass is 16.6. The van der Waals surface area contributed by atoms with E-state index in [0.717, 1.165) is 6.42 Å². The number of carbonyl (C=O) groups excluding carboxylic acids is 2. The number of hydrogen-bond donors (Lipinski definition) is 0. The maximum Gasteiger partial charge on any atom is 0.411 e. The Bertz CT molecular complexity index is 396. The molecule has 1 spiro atoms. The minimum Gasteiger partial charge on any atom is -0.455 e. The lowest BCUT2D eigenvalue weighted by Crippen LogP contribution is -2.75. The average molecular weight is 255 g/mol. The van der Waals surface area contributed by atoms with Gasteiger partial charge < -0.3 is 9.47 Å². The molecule has 18 heavy (non-hydrogen) atoms. The van der Waals surface area contributed by atoms with Crippen LogP contribution in [0.4, 0.5) is 4.79 Å². The summed E-state index contributed by atoms with van der Waals surface area (Å²) in [5.41, 5.74) is -2.01. The van der Waals surface area contributed by atoms with Gasteiger partial charge in [-0.3, -0.25) is 4.90 Å². The van der Waals surface area contributed by atoms with Crippen LogP contribution in [0.5, 0.6) is 0 Å². The van der Waals surface area contributed by atoms with Gasteiger partial charge in [-0.15, -0.1) is 0 Å². The zero-order valence-corrected chi connectivity index (χ0v) is 11.7. The topological polar surface area (TPSA) is 55.8 Å². The molecule has 2 aliphatic heterocycles. The summed E-state index contributed by atoms with van der Waals surface area (Å²) in [6.45, 7) is 9.69. The maximum absolute atomic E-state index is 12.2. The molecule has 0 aromatic rings. The first-order valence-corrected chi connectivity index (χ1v) is 6.34. The summed E-state index contributed by atoms with van der Waals surface area (Å²) in [6, 6.07) is 0. The van der Waals surface area contributed by atoms with E-state index in [0.29, 0.717) is 13.0 Å². The van der Waals surface area contributed by atoms with Gasteiger partial charge in [-0.1, -0.05) is 0 Å². The number of amides is 1. The van der Waals surface area contributed by atoms with Crippen molar-refractivity contribution in [3.8, 4) is 0 Å². The first kappa shape index (κ1) is 13.2. The molecule has 1 atom stereocenters. The lowest BCUT2D eigenvalue weighted by Gasteiger charge is -2.54. The van der Waals surface area contributed by atoms with Gasteiger partial charge in [0.15, 0.2) is 5.54 Å². The molecule has 0 bridgehead atoms. The predicted molar refractivity (Wildman–Crippen MR) is 65.1 cm³/mol. The minimum atomic E-state index is -0.824. The van der Waals surface area contributed by atoms with Crippen molar-refractivity contribution in [2.24, 2.45) is 0 Å². The zero-order chi connectivity index (χ0) is 13.8. The summed E-state index contributed by atoms with van der Waals surface area (Å²) in [7, 11) is 0. The van der Waals surface area contributed by atoms with E-state index < -0.39 is 22.8 Å². The van der Waals surface area contributed by atoms with Crippen LogP contribution >= 0.6 is 0 Å². The second-order valence-corrected chi connectivity index (χ2v) is 6.50. The van der Waals surface area contributed by atoms with Gasteiger partial charge >= 0.3 is 12.1 Å². The van der Waals surface area contributed by atoms with Crippen molar-refractivity contribution < 1.29 is 19.1 Å². The van der Waals surface area contributed by atoms with E-state index in [9.17, 15) is 9.59 Å². The molecule has 2 rings (SSSR count). The van der Waals surface area contributed by atoms with Crippen molar-refractivity contribution in [3.63, 3.8) is 0 Å². The molecular formula is C13H21NO4. The number of cyclic esters (lactones) is 1. The predicted octanol–water partition coefficient (Wildman–Crippen LogP) is 2.09. The summed E-state index contributed by atoms with van der Waals surface area (Å²) in [5, 5.41) is 0. The highest BCUT2D eigenvalue weighted by molar-refractivity contribution is 5.93. The molecule has 1 amide bonds. The van der Waals surface area contributed by atoms with Gasteiger partial charge in [0.2, 0.25) is 0 Å². The van der Waals surface area contributed by atoms with E-state index >= 15 is 0 Å². The Hall–Kier alpha value is -1.26. The van der Waals surface area contributed by atoms with Crippen molar-refractivity contribution in [3.05, 3.63) is 0 Å². The van der Waals surface area contributed by atoms with Gasteiger partial charge in [0.05, 0.1) is 0 Å². The van der Waals surface area contributed by atoms with E-state index in [2.05, 4.69) is 0 Å². The van der Waals surface area contributed by atoms with E-state index in [1.807, 2.05) is 34.6 Å². The smallest absolute Gasteiger partial charge is 0.411 e. The third-order valence-electron chi connectivity index (χ3n) is 3.68. The molecular weight excluding hydrogens is 234 g/mol. The first-order chi connectivity index (χ1) is 8.10. The van der Waals surface area contributed by atoms with Crippen LogP contribution in [0.15, 0.2) is 0 Å². The Balaban J connectivity index is 2.23. The van der Waals surface area contributed by atoms with Crippen LogP contribution in [-0.4, -0.2) is 40.2 Å². The number of esters is 1. The maximum atomic E-state index is 12.2. The van der Waals surface area contributed by atoms with Crippen LogP contribution in [0, 0.1) is 0 Å². The fourth-order valence-electron chi connectivity index (χ4n) is 2.82. The van der Waals surface area contributed by atoms with E-state index in [1.54, 1.807) is 4.90 Å². The van der Waals surface area contributed by atoms with Crippen LogP contribution in [0.25, 0.3) is 0 Å². The molecule has 2 heterocycles. The Morgan fingerprint density at radius 1 is 1.39 bits per heavy atom. The zero-order valence-electron chi connectivity index (χ0n) is 11.7. The monoisotopic (exact) mass is 255 g/mol. The fraction of sp³-hybridized carbons (Fsp3) is 0.846. The van der Waals surface area contributed by atoms with E-state index in [4.69, 9.17) is 9.47 Å². The summed E-state index contributed by atoms with van der Waals surface area (Å²) in [6.07, 6.45) is 1.03. The normalized spacial score (nSPS) is 30.1. The quantitative estimate of drug-likeness (QED) is 0.622. The molecule has 5 heteroatoms. The fourth-order valence-corrected chi connectivity index (χ4v) is 2.82. The molecule has 1 unspecified atom stereocenters. The summed E-state index contributed by atoms with van der Waals surface area (Å²) < 4.78 is 10.6. The Morgan fingerprint density at radius 2 is 2.00 bits per heavy atom. The average Bonchev–Trinajstić information content (AvgIpc) is 2.60. The number of carbonyl (C=O) groups is 2. The molecule has 2 fully saturated rings. The Labute approximate surface area is 107 Å². The van der Waals surface area contributed by atoms with Gasteiger partial charge in [0.25, 0.3) is 0 Å². The van der Waals surface area contributed by atoms with Crippen LogP contribution in [-0.2, 0) is 14.3 Å². The van der Waals surface area contributed by atoms with Crippen LogP contribution in [0.3, 0.4) is 0 Å². The van der Waals surface area contributed by atoms with Crippen molar-refractivity contribution in [2.45, 2.75) is 64.2 Å². The molecule has 102 valence electrons. The molecule has 0 aromatic carbocycles. The molecule has 5 nitrogen and oxygen atoms in total. The first-order valence-electron chi connectivity index (χ1n) is 6.34. The molecule has 2 aliphatic rings. The Morgan fingerprint density at radius 3 is 2.44 bits per heavy atom. The molecule has 2 saturated heterocycles. The molecule has 0 N–H and O–H groups in total. The van der Waals surface area contributed by atoms with Crippen molar-refractivity contribution in [1.29, 1.82) is 0 Å². The third-order valence-corrected chi connectivity index (χ3v) is 3.68. The number of ether oxygens (including phenoxy) is 2. The number of rotatable bonds is 0. The van der Waals surface area contributed by atoms with Gasteiger partial charge in [-0.2, -0.15) is 0 Å². The van der Waals surface area contributed by atoms with Crippen molar-refractivity contribution in [1.82, 2.24) is 4.90 Å². The number of hydrogen-bond acceptors (Lipinski definition) is 4. The van der Waals surface area contributed by atoms with Gasteiger partial charge in [-0.05, 0) is 47.5 Å². The van der Waals surface area contributed by atoms with Gasteiger partial charge in [0.1, 0.15) is 11.2 Å². The highest BCUT2D eigenvalue weighted by Crippen LogP contribution is 2.49. The van der Waals surface area contributed by atoms with Crippen molar-refractivity contribution >= 4 is 12.1 Å². The van der Waals surface area contributed by atoms with E-state index in [1.165, 1.54) is 0 Å². The minimum absolute atomic E-state index is 0.309. The lowest BCUT2D eigenvalue weighted by molar-refractivity contribution is -0.230. The lowest BCUT2D eigenvalue weighted by atomic mass is 9.75. The number of nitrogens with zero attached hydrogens (tertiary/aromatic N) is 1. The summed E-state index contributed by atoms with van der Waals surface area (Å²) in [5.74, 6) is -0.309. The van der Waals surface area contributed by atoms with Crippen LogP contribution in [0.1, 0.15) is 47.5 Å². The summed E-state index contributed by atoms with van der Waals surface area (Å²) in [4.78, 5) is 25.6. The molecule has 0 aliphatic carbocycles. The second kappa shape index (κ2) is 3.62. The Kier molecular flexibility index (Phi) is 2.65. The SMILES string of the molecule is CC(C)(C)OC(=O)N1CCCC12C(=O)OC2(C)C. The number of likely N-dealkylation sites (tertiary alicyclic amines) is 1. The van der Waals surface area contributed by atoms with Crippen LogP contribution < -0.4 is 0 Å². The highest BCUT2D eigenvalue weighted by Gasteiger charge is 2.70. The third kappa shape index (κ3) is 1.68. The van der Waals surface area contributed by atoms with Gasteiger partial charge in [-0.25, -0.2) is 9.59 Å². The largest absolute Gasteiger partial charge is 0.455 e. The molecule has 0 saturated carbocycles. The van der Waals surface area contributed by atoms with E-state index in [-0.39, 0.29) is 5.97 Å². The second-order valence-electron chi connectivity index (χ2n) is 6.50. The van der Waals surface area contributed by atoms with Gasteiger partial charge in [0, 0.05) is 6.54 Å². The summed E-state index contributed by atoms with van der Waals surface area (Å²) >= 11 is 0. The standard InChI is InChI=1S/C13H21NO4/c1-11(2,3)18-10(16)14-8-6-7-13(14)9(15)17-12(13,4)5/h6-8H2,1-5H3. The molecule has 0 radical (unpaired) electrons. The van der Waals surface area contributed by atoms with Crippen LogP contribution in [0.2, 0.25) is 0 Å². The molecule has 0 aromatic heterocycles.